The van der Waals surface area contributed by atoms with Crippen molar-refractivity contribution in [3.05, 3.63) is 72.3 Å². The first-order chi connectivity index (χ1) is 14.7. The zero-order chi connectivity index (χ0) is 20.5. The maximum Gasteiger partial charge on any atom is 0.135 e. The molecule has 2 aromatic carbocycles. The Morgan fingerprint density at radius 1 is 1.13 bits per heavy atom. The van der Waals surface area contributed by atoms with Gasteiger partial charge in [-0.2, -0.15) is 0 Å². The van der Waals surface area contributed by atoms with Crippen LogP contribution in [0.3, 0.4) is 0 Å². The van der Waals surface area contributed by atoms with Crippen LogP contribution >= 0.6 is 0 Å². The molecule has 30 heavy (non-hydrogen) atoms. The van der Waals surface area contributed by atoms with Crippen molar-refractivity contribution in [1.29, 1.82) is 0 Å². The van der Waals surface area contributed by atoms with E-state index >= 15 is 0 Å². The molecule has 6 heteroatoms. The first-order valence-electron chi connectivity index (χ1n) is 10.3. The summed E-state index contributed by atoms with van der Waals surface area (Å²) in [5.74, 6) is 1.83. The molecule has 154 valence electrons. The maximum atomic E-state index is 6.05. The van der Waals surface area contributed by atoms with Crippen molar-refractivity contribution in [2.24, 2.45) is 7.05 Å². The molecule has 0 saturated heterocycles. The second kappa shape index (κ2) is 7.97. The third-order valence-corrected chi connectivity index (χ3v) is 5.76. The Balaban J connectivity index is 1.22. The Labute approximate surface area is 176 Å². The van der Waals surface area contributed by atoms with Gasteiger partial charge < -0.3 is 23.9 Å². The Kier molecular flexibility index (Phi) is 5.02. The molecule has 0 aliphatic carbocycles. The molecular formula is C24H26N4O2. The van der Waals surface area contributed by atoms with Crippen molar-refractivity contribution < 1.29 is 9.47 Å². The van der Waals surface area contributed by atoms with Gasteiger partial charge in [0.05, 0.1) is 25.5 Å². The number of benzene rings is 2. The van der Waals surface area contributed by atoms with E-state index in [2.05, 4.69) is 58.2 Å². The highest BCUT2D eigenvalue weighted by Gasteiger charge is 2.21. The van der Waals surface area contributed by atoms with Gasteiger partial charge in [-0.3, -0.25) is 0 Å². The summed E-state index contributed by atoms with van der Waals surface area (Å²) in [6.07, 6.45) is 4.46. The summed E-state index contributed by atoms with van der Waals surface area (Å²) in [6, 6.07) is 16.5. The highest BCUT2D eigenvalue weighted by Crippen LogP contribution is 2.24. The molecule has 5 rings (SSSR count). The van der Waals surface area contributed by atoms with Crippen LogP contribution in [-0.2, 0) is 31.5 Å². The number of hydrogen-bond acceptors (Lipinski definition) is 4. The van der Waals surface area contributed by atoms with Crippen LogP contribution in [0.1, 0.15) is 11.4 Å². The second-order valence-electron chi connectivity index (χ2n) is 7.77. The molecule has 1 aliphatic rings. The van der Waals surface area contributed by atoms with E-state index in [0.717, 1.165) is 42.5 Å². The number of imidazole rings is 1. The third-order valence-electron chi connectivity index (χ3n) is 5.76. The Hall–Kier alpha value is -3.09. The number of aryl methyl sites for hydroxylation is 1. The van der Waals surface area contributed by atoms with Crippen LogP contribution in [-0.4, -0.2) is 33.9 Å². The molecule has 4 aromatic rings. The Morgan fingerprint density at radius 3 is 2.80 bits per heavy atom. The minimum Gasteiger partial charge on any atom is -0.497 e. The first-order valence-corrected chi connectivity index (χ1v) is 10.3. The van der Waals surface area contributed by atoms with Gasteiger partial charge in [0.2, 0.25) is 0 Å². The fourth-order valence-corrected chi connectivity index (χ4v) is 4.15. The summed E-state index contributed by atoms with van der Waals surface area (Å²) in [5, 5.41) is 4.88. The van der Waals surface area contributed by atoms with Gasteiger partial charge in [-0.05, 0) is 35.9 Å². The highest BCUT2D eigenvalue weighted by molar-refractivity contribution is 5.83. The van der Waals surface area contributed by atoms with Crippen LogP contribution in [0, 0.1) is 0 Å². The summed E-state index contributed by atoms with van der Waals surface area (Å²) < 4.78 is 15.7. The molecule has 1 N–H and O–H groups in total. The molecule has 0 radical (unpaired) electrons. The Morgan fingerprint density at radius 2 is 1.97 bits per heavy atom. The SMILES string of the molecule is COc1ccc(-c2cn3c(n2)CO[C@@H](CNCc2cn(C)c4ccccc24)C3)cc1. The van der Waals surface area contributed by atoms with E-state index in [1.165, 1.54) is 16.5 Å². The van der Waals surface area contributed by atoms with Gasteiger partial charge in [-0.15, -0.1) is 0 Å². The lowest BCUT2D eigenvalue weighted by molar-refractivity contribution is 0.00279. The van der Waals surface area contributed by atoms with Gasteiger partial charge in [0, 0.05) is 49.0 Å². The maximum absolute atomic E-state index is 6.05. The van der Waals surface area contributed by atoms with Gasteiger partial charge in [0.25, 0.3) is 0 Å². The summed E-state index contributed by atoms with van der Waals surface area (Å²) in [6.45, 7) is 2.98. The van der Waals surface area contributed by atoms with Crippen LogP contribution in [0.25, 0.3) is 22.2 Å². The third kappa shape index (κ3) is 3.60. The lowest BCUT2D eigenvalue weighted by atomic mass is 10.1. The fraction of sp³-hybridized carbons (Fsp3) is 0.292. The van der Waals surface area contributed by atoms with E-state index in [-0.39, 0.29) is 6.10 Å². The van der Waals surface area contributed by atoms with Crippen molar-refractivity contribution in [2.45, 2.75) is 25.8 Å². The standard InChI is InChI=1S/C24H26N4O2/c1-27-13-18(21-5-3-4-6-23(21)27)11-25-12-20-14-28-15-22(26-24(28)16-30-20)17-7-9-19(29-2)10-8-17/h3-10,13,15,20,25H,11-12,14,16H2,1-2H3/t20-/m0/s1. The van der Waals surface area contributed by atoms with Crippen LogP contribution < -0.4 is 10.1 Å². The molecule has 0 saturated carbocycles. The number of nitrogens with one attached hydrogen (secondary N) is 1. The molecule has 1 atom stereocenters. The van der Waals surface area contributed by atoms with Gasteiger partial charge in [0.15, 0.2) is 0 Å². The molecule has 0 unspecified atom stereocenters. The van der Waals surface area contributed by atoms with E-state index in [0.29, 0.717) is 6.61 Å². The molecule has 3 heterocycles. The summed E-state index contributed by atoms with van der Waals surface area (Å²) in [7, 11) is 3.77. The van der Waals surface area contributed by atoms with Crippen LogP contribution in [0.4, 0.5) is 0 Å². The van der Waals surface area contributed by atoms with Gasteiger partial charge >= 0.3 is 0 Å². The van der Waals surface area contributed by atoms with Crippen molar-refractivity contribution in [3.63, 3.8) is 0 Å². The van der Waals surface area contributed by atoms with Crippen molar-refractivity contribution >= 4 is 10.9 Å². The van der Waals surface area contributed by atoms with Gasteiger partial charge in [-0.25, -0.2) is 4.98 Å². The molecule has 6 nitrogen and oxygen atoms in total. The quantitative estimate of drug-likeness (QED) is 0.534. The molecular weight excluding hydrogens is 376 g/mol. The molecule has 0 bridgehead atoms. The van der Waals surface area contributed by atoms with Crippen molar-refractivity contribution in [3.8, 4) is 17.0 Å². The normalized spacial score (nSPS) is 16.0. The van der Waals surface area contributed by atoms with E-state index < -0.39 is 0 Å². The monoisotopic (exact) mass is 402 g/mol. The number of ether oxygens (including phenoxy) is 2. The Bertz CT molecular complexity index is 1160. The largest absolute Gasteiger partial charge is 0.497 e. The van der Waals surface area contributed by atoms with E-state index in [4.69, 9.17) is 14.5 Å². The van der Waals surface area contributed by atoms with Gasteiger partial charge in [0.1, 0.15) is 18.2 Å². The minimum absolute atomic E-state index is 0.130. The summed E-state index contributed by atoms with van der Waals surface area (Å²) in [4.78, 5) is 4.75. The molecule has 0 amide bonds. The summed E-state index contributed by atoms with van der Waals surface area (Å²) in [5.41, 5.74) is 4.63. The number of nitrogens with zero attached hydrogens (tertiary/aromatic N) is 3. The zero-order valence-electron chi connectivity index (χ0n) is 17.3. The smallest absolute Gasteiger partial charge is 0.135 e. The van der Waals surface area contributed by atoms with Crippen molar-refractivity contribution in [1.82, 2.24) is 19.4 Å². The first kappa shape index (κ1) is 18.9. The minimum atomic E-state index is 0.130. The second-order valence-corrected chi connectivity index (χ2v) is 7.77. The fourth-order valence-electron chi connectivity index (χ4n) is 4.15. The van der Waals surface area contributed by atoms with Crippen LogP contribution in [0.5, 0.6) is 5.75 Å². The number of fused-ring (bicyclic) bond motifs is 2. The molecule has 1 aliphatic heterocycles. The lowest BCUT2D eigenvalue weighted by Gasteiger charge is -2.24. The number of methoxy groups -OCH3 is 1. The predicted molar refractivity (Wildman–Crippen MR) is 117 cm³/mol. The number of hydrogen-bond donors (Lipinski definition) is 1. The van der Waals surface area contributed by atoms with Crippen LogP contribution in [0.2, 0.25) is 0 Å². The number of para-hydroxylation sites is 1. The van der Waals surface area contributed by atoms with E-state index in [9.17, 15) is 0 Å². The predicted octanol–water partition coefficient (Wildman–Crippen LogP) is 3.74. The van der Waals surface area contributed by atoms with E-state index in [1.807, 2.05) is 24.3 Å². The van der Waals surface area contributed by atoms with Crippen LogP contribution in [0.15, 0.2) is 60.9 Å². The topological polar surface area (TPSA) is 53.2 Å². The van der Waals surface area contributed by atoms with Gasteiger partial charge in [-0.1, -0.05) is 18.2 Å². The number of aromatic nitrogens is 3. The molecule has 0 spiro atoms. The van der Waals surface area contributed by atoms with Crippen molar-refractivity contribution in [2.75, 3.05) is 13.7 Å². The average Bonchev–Trinajstić information content (AvgIpc) is 3.35. The molecule has 2 aromatic heterocycles. The average molecular weight is 402 g/mol. The lowest BCUT2D eigenvalue weighted by Crippen LogP contribution is -2.35. The van der Waals surface area contributed by atoms with E-state index in [1.54, 1.807) is 7.11 Å². The number of rotatable bonds is 6. The molecule has 0 fully saturated rings. The zero-order valence-corrected chi connectivity index (χ0v) is 17.3. The highest BCUT2D eigenvalue weighted by atomic mass is 16.5. The summed E-state index contributed by atoms with van der Waals surface area (Å²) >= 11 is 0.